The number of carbonyl (C=O) groups is 1. The molecule has 34 heavy (non-hydrogen) atoms. The van der Waals surface area contributed by atoms with E-state index in [9.17, 15) is 14.4 Å². The number of hydrogen-bond acceptors (Lipinski definition) is 7. The molecule has 1 aliphatic carbocycles. The highest BCUT2D eigenvalue weighted by atomic mass is 19.1. The van der Waals surface area contributed by atoms with E-state index in [0.29, 0.717) is 35.7 Å². The Morgan fingerprint density at radius 2 is 2.06 bits per heavy atom. The monoisotopic (exact) mass is 465 g/mol. The average Bonchev–Trinajstić information content (AvgIpc) is 3.29. The van der Waals surface area contributed by atoms with Gasteiger partial charge in [-0.1, -0.05) is 16.4 Å². The maximum atomic E-state index is 15.3. The number of quaternary nitrogens is 1. The quantitative estimate of drug-likeness (QED) is 0.534. The lowest BCUT2D eigenvalue weighted by molar-refractivity contribution is 0.150. The van der Waals surface area contributed by atoms with Crippen molar-refractivity contribution in [3.8, 4) is 17.2 Å². The Kier molecular flexibility index (Phi) is 4.52. The van der Waals surface area contributed by atoms with Crippen LogP contribution in [0.15, 0.2) is 42.7 Å². The van der Waals surface area contributed by atoms with Gasteiger partial charge in [0, 0.05) is 41.3 Å². The summed E-state index contributed by atoms with van der Waals surface area (Å²) >= 11 is 0. The third kappa shape index (κ3) is 2.89. The normalized spacial score (nSPS) is 29.5. The van der Waals surface area contributed by atoms with Crippen LogP contribution in [0.2, 0.25) is 0 Å². The molecule has 1 aromatic carbocycles. The molecular formula is C23H19F2N6O3+. The second-order valence-corrected chi connectivity index (χ2v) is 8.86. The SMILES string of the molecule is N#CC1(c2ccc(-c3ccc([N+]4(Cn5cc(F)nn5)CCOC4=O)cc3F)cn2)[C@@H]2COC[C@@H]21. The molecule has 1 saturated carbocycles. The minimum atomic E-state index is -0.774. The van der Waals surface area contributed by atoms with E-state index in [1.165, 1.54) is 10.7 Å². The van der Waals surface area contributed by atoms with E-state index >= 15 is 4.39 Å². The van der Waals surface area contributed by atoms with E-state index in [0.717, 1.165) is 6.20 Å². The van der Waals surface area contributed by atoms with Gasteiger partial charge in [0.25, 0.3) is 5.95 Å². The summed E-state index contributed by atoms with van der Waals surface area (Å²) in [5.41, 5.74) is 1.28. The molecule has 0 N–H and O–H groups in total. The third-order valence-electron chi connectivity index (χ3n) is 7.22. The van der Waals surface area contributed by atoms with Crippen LogP contribution >= 0.6 is 0 Å². The lowest BCUT2D eigenvalue weighted by Crippen LogP contribution is -2.51. The standard InChI is InChI=1S/C23H19F2N6O3/c24-19-7-15(31(5-6-34-22(31)32)13-30-9-21(25)28-29-30)2-3-16(19)14-1-4-20(27-8-14)23(12-26)17-10-33-11-18(17)23/h1-4,7-9,17-18H,5-6,10-11,13H2/q+1/t17-,18+,23?,31?. The van der Waals surface area contributed by atoms with Crippen LogP contribution in [0.4, 0.5) is 19.3 Å². The highest BCUT2D eigenvalue weighted by Crippen LogP contribution is 2.62. The molecule has 172 valence electrons. The van der Waals surface area contributed by atoms with Crippen molar-refractivity contribution in [3.05, 3.63) is 60.2 Å². The Bertz CT molecular complexity index is 1330. The molecule has 3 aromatic rings. The molecule has 0 spiro atoms. The smallest absolute Gasteiger partial charge is 0.414 e. The van der Waals surface area contributed by atoms with E-state index in [1.807, 2.05) is 0 Å². The van der Waals surface area contributed by atoms with Gasteiger partial charge in [-0.2, -0.15) is 23.6 Å². The van der Waals surface area contributed by atoms with Gasteiger partial charge in [0.15, 0.2) is 6.67 Å². The first-order chi connectivity index (χ1) is 16.5. The Hall–Kier alpha value is -3.75. The van der Waals surface area contributed by atoms with Crippen LogP contribution in [0, 0.1) is 34.9 Å². The van der Waals surface area contributed by atoms with Crippen molar-refractivity contribution in [2.45, 2.75) is 12.1 Å². The second kappa shape index (κ2) is 7.38. The number of nitriles is 1. The largest absolute Gasteiger partial charge is 0.523 e. The topological polar surface area (TPSA) is 103 Å². The molecule has 0 radical (unpaired) electrons. The molecule has 2 aromatic heterocycles. The average molecular weight is 465 g/mol. The molecule has 9 nitrogen and oxygen atoms in total. The van der Waals surface area contributed by atoms with Gasteiger partial charge < -0.3 is 9.47 Å². The van der Waals surface area contributed by atoms with Crippen molar-refractivity contribution < 1.29 is 23.0 Å². The van der Waals surface area contributed by atoms with E-state index in [2.05, 4.69) is 21.4 Å². The molecule has 3 aliphatic rings. The van der Waals surface area contributed by atoms with Crippen LogP contribution < -0.4 is 4.48 Å². The van der Waals surface area contributed by atoms with Crippen LogP contribution in [0.3, 0.4) is 0 Å². The van der Waals surface area contributed by atoms with Crippen molar-refractivity contribution in [1.29, 1.82) is 5.26 Å². The number of amides is 1. The number of rotatable bonds is 5. The molecule has 2 aliphatic heterocycles. The van der Waals surface area contributed by atoms with Crippen LogP contribution in [0.5, 0.6) is 0 Å². The first-order valence-corrected chi connectivity index (χ1v) is 10.8. The molecule has 11 heteroatoms. The molecule has 4 heterocycles. The Morgan fingerprint density at radius 3 is 2.65 bits per heavy atom. The zero-order chi connectivity index (χ0) is 23.5. The summed E-state index contributed by atoms with van der Waals surface area (Å²) in [6.07, 6.45) is 2.06. The third-order valence-corrected chi connectivity index (χ3v) is 7.22. The fourth-order valence-electron chi connectivity index (χ4n) is 5.30. The summed E-state index contributed by atoms with van der Waals surface area (Å²) < 4.78 is 40.0. The van der Waals surface area contributed by atoms with E-state index in [-0.39, 0.29) is 36.1 Å². The minimum Gasteiger partial charge on any atom is -0.414 e. The number of fused-ring (bicyclic) bond motifs is 1. The summed E-state index contributed by atoms with van der Waals surface area (Å²) in [7, 11) is 0. The summed E-state index contributed by atoms with van der Waals surface area (Å²) in [5, 5.41) is 16.7. The molecule has 3 fully saturated rings. The van der Waals surface area contributed by atoms with Crippen LogP contribution in [0.25, 0.3) is 11.1 Å². The van der Waals surface area contributed by atoms with Gasteiger partial charge >= 0.3 is 6.09 Å². The van der Waals surface area contributed by atoms with Crippen LogP contribution in [-0.2, 0) is 21.6 Å². The summed E-state index contributed by atoms with van der Waals surface area (Å²) in [6.45, 7) is 1.44. The van der Waals surface area contributed by atoms with Gasteiger partial charge in [-0.05, 0) is 12.1 Å². The van der Waals surface area contributed by atoms with Gasteiger partial charge in [0.05, 0.1) is 31.2 Å². The number of halogens is 2. The van der Waals surface area contributed by atoms with Crippen molar-refractivity contribution in [3.63, 3.8) is 0 Å². The van der Waals surface area contributed by atoms with Gasteiger partial charge in [0.2, 0.25) is 0 Å². The Morgan fingerprint density at radius 1 is 1.24 bits per heavy atom. The predicted molar refractivity (Wildman–Crippen MR) is 113 cm³/mol. The molecule has 1 amide bonds. The number of hydrogen-bond donors (Lipinski definition) is 0. The maximum absolute atomic E-state index is 15.3. The fraction of sp³-hybridized carbons (Fsp3) is 0.348. The highest BCUT2D eigenvalue weighted by molar-refractivity contribution is 5.84. The molecule has 4 atom stereocenters. The van der Waals surface area contributed by atoms with Crippen LogP contribution in [0.1, 0.15) is 5.69 Å². The molecule has 0 bridgehead atoms. The molecule has 2 unspecified atom stereocenters. The van der Waals surface area contributed by atoms with Crippen molar-refractivity contribution in [2.75, 3.05) is 26.4 Å². The Labute approximate surface area is 192 Å². The van der Waals surface area contributed by atoms with E-state index in [1.54, 1.807) is 30.5 Å². The summed E-state index contributed by atoms with van der Waals surface area (Å²) in [5.74, 6) is -1.000. The van der Waals surface area contributed by atoms with Crippen LogP contribution in [-0.4, -0.2) is 52.4 Å². The molecular weight excluding hydrogens is 446 g/mol. The number of pyridine rings is 1. The number of ether oxygens (including phenoxy) is 2. The first-order valence-electron chi connectivity index (χ1n) is 10.8. The zero-order valence-electron chi connectivity index (χ0n) is 17.9. The first kappa shape index (κ1) is 20.8. The van der Waals surface area contributed by atoms with Crippen molar-refractivity contribution in [1.82, 2.24) is 24.5 Å². The zero-order valence-corrected chi connectivity index (χ0v) is 17.9. The summed E-state index contributed by atoms with van der Waals surface area (Å²) in [6, 6.07) is 10.4. The van der Waals surface area contributed by atoms with Crippen molar-refractivity contribution >= 4 is 11.8 Å². The number of benzene rings is 1. The number of nitrogens with zero attached hydrogens (tertiary/aromatic N) is 6. The number of carbonyl (C=O) groups excluding carboxylic acids is 1. The second-order valence-electron chi connectivity index (χ2n) is 8.86. The van der Waals surface area contributed by atoms with Gasteiger partial charge in [-0.25, -0.2) is 4.39 Å². The number of cyclic esters (lactones) is 1. The highest BCUT2D eigenvalue weighted by Gasteiger charge is 2.70. The predicted octanol–water partition coefficient (Wildman–Crippen LogP) is 2.77. The summed E-state index contributed by atoms with van der Waals surface area (Å²) in [4.78, 5) is 17.1. The van der Waals surface area contributed by atoms with Gasteiger partial charge in [0.1, 0.15) is 30.1 Å². The lowest BCUT2D eigenvalue weighted by Gasteiger charge is -2.27. The van der Waals surface area contributed by atoms with E-state index in [4.69, 9.17) is 9.47 Å². The maximum Gasteiger partial charge on any atom is 0.523 e. The number of aromatic nitrogens is 4. The van der Waals surface area contributed by atoms with Gasteiger partial charge in [-0.15, -0.1) is 0 Å². The lowest BCUT2D eigenvalue weighted by atomic mass is 9.96. The minimum absolute atomic E-state index is 0.0763. The van der Waals surface area contributed by atoms with E-state index < -0.39 is 23.3 Å². The fourth-order valence-corrected chi connectivity index (χ4v) is 5.30. The molecule has 6 rings (SSSR count). The Balaban J connectivity index is 1.31. The van der Waals surface area contributed by atoms with Gasteiger partial charge in [-0.3, -0.25) is 4.98 Å². The van der Waals surface area contributed by atoms with Crippen molar-refractivity contribution in [2.24, 2.45) is 11.8 Å². The molecule has 2 saturated heterocycles.